The summed E-state index contributed by atoms with van der Waals surface area (Å²) in [6.45, 7) is 2.84. The molecule has 0 aliphatic heterocycles. The molecule has 0 spiro atoms. The van der Waals surface area contributed by atoms with Gasteiger partial charge in [0.05, 0.1) is 5.56 Å². The Labute approximate surface area is 238 Å². The minimum absolute atomic E-state index is 0.160. The molecule has 0 radical (unpaired) electrons. The number of hydrogen-bond acceptors (Lipinski definition) is 2. The second-order valence-electron chi connectivity index (χ2n) is 10.6. The lowest BCUT2D eigenvalue weighted by Gasteiger charge is -2.18. The number of halogens is 1. The maximum Gasteiger partial charge on any atom is 0.336 e. The van der Waals surface area contributed by atoms with Gasteiger partial charge >= 0.3 is 5.97 Å². The van der Waals surface area contributed by atoms with Crippen LogP contribution in [0.15, 0.2) is 59.1 Å². The maximum absolute atomic E-state index is 13.4. The van der Waals surface area contributed by atoms with E-state index in [1.54, 1.807) is 12.1 Å². The zero-order chi connectivity index (χ0) is 27.4. The van der Waals surface area contributed by atoms with Crippen LogP contribution in [-0.4, -0.2) is 23.5 Å². The third-order valence-electron chi connectivity index (χ3n) is 8.02. The molecule has 202 valence electrons. The number of rotatable bonds is 13. The van der Waals surface area contributed by atoms with Crippen LogP contribution in [0.3, 0.4) is 0 Å². The van der Waals surface area contributed by atoms with Crippen LogP contribution in [0.2, 0.25) is 0 Å². The molecule has 0 aromatic heterocycles. The van der Waals surface area contributed by atoms with Crippen LogP contribution in [0, 0.1) is 0 Å². The molecule has 39 heavy (non-hydrogen) atoms. The number of carboxylic acid groups (broad SMARTS) is 1. The van der Waals surface area contributed by atoms with Gasteiger partial charge in [0, 0.05) is 22.0 Å². The molecule has 1 amide bonds. The molecule has 5 heteroatoms. The van der Waals surface area contributed by atoms with E-state index < -0.39 is 5.97 Å². The molecule has 0 aliphatic carbocycles. The molecule has 0 atom stereocenters. The Hall–Kier alpha value is -3.18. The van der Waals surface area contributed by atoms with Crippen molar-refractivity contribution in [1.82, 2.24) is 5.32 Å². The summed E-state index contributed by atoms with van der Waals surface area (Å²) in [5, 5.41) is 20.8. The Morgan fingerprint density at radius 3 is 1.85 bits per heavy atom. The van der Waals surface area contributed by atoms with Crippen LogP contribution >= 0.6 is 15.9 Å². The van der Waals surface area contributed by atoms with Crippen molar-refractivity contribution in [2.45, 2.75) is 71.1 Å². The molecule has 0 aliphatic rings. The normalized spacial score (nSPS) is 11.7. The van der Waals surface area contributed by atoms with Gasteiger partial charge in [0.1, 0.15) is 0 Å². The Balaban J connectivity index is 1.39. The monoisotopic (exact) mass is 585 g/mol. The van der Waals surface area contributed by atoms with Crippen molar-refractivity contribution in [2.24, 2.45) is 0 Å². The lowest BCUT2D eigenvalue weighted by molar-refractivity contribution is 0.0699. The summed E-state index contributed by atoms with van der Waals surface area (Å²) in [7, 11) is 0. The van der Waals surface area contributed by atoms with E-state index in [0.717, 1.165) is 55.0 Å². The highest BCUT2D eigenvalue weighted by Crippen LogP contribution is 2.43. The zero-order valence-electron chi connectivity index (χ0n) is 22.6. The first-order chi connectivity index (χ1) is 19.0. The van der Waals surface area contributed by atoms with Gasteiger partial charge in [0.2, 0.25) is 0 Å². The number of hydrogen-bond donors (Lipinski definition) is 2. The van der Waals surface area contributed by atoms with Crippen LogP contribution in [-0.2, 0) is 0 Å². The maximum atomic E-state index is 13.4. The van der Waals surface area contributed by atoms with Gasteiger partial charge < -0.3 is 10.4 Å². The molecule has 4 nitrogen and oxygen atoms in total. The molecule has 5 aromatic rings. The zero-order valence-corrected chi connectivity index (χ0v) is 24.2. The van der Waals surface area contributed by atoms with Crippen molar-refractivity contribution >= 4 is 70.9 Å². The third kappa shape index (κ3) is 5.47. The first kappa shape index (κ1) is 27.4. The highest BCUT2D eigenvalue weighted by molar-refractivity contribution is 9.10. The van der Waals surface area contributed by atoms with Gasteiger partial charge in [-0.15, -0.1) is 0 Å². The average molecular weight is 587 g/mol. The van der Waals surface area contributed by atoms with Gasteiger partial charge in [0.15, 0.2) is 0 Å². The van der Waals surface area contributed by atoms with E-state index in [4.69, 9.17) is 0 Å². The van der Waals surface area contributed by atoms with E-state index in [0.29, 0.717) is 17.5 Å². The van der Waals surface area contributed by atoms with Crippen LogP contribution in [0.25, 0.3) is 43.1 Å². The first-order valence-electron chi connectivity index (χ1n) is 14.4. The topological polar surface area (TPSA) is 66.4 Å². The molecular formula is C34H36BrNO3. The molecule has 0 fully saturated rings. The summed E-state index contributed by atoms with van der Waals surface area (Å²) in [5.41, 5.74) is 0.584. The molecule has 0 saturated heterocycles. The lowest BCUT2D eigenvalue weighted by Crippen LogP contribution is -2.25. The third-order valence-corrected chi connectivity index (χ3v) is 8.71. The van der Waals surface area contributed by atoms with Gasteiger partial charge in [-0.05, 0) is 62.3 Å². The average Bonchev–Trinajstić information content (AvgIpc) is 2.94. The Morgan fingerprint density at radius 2 is 1.18 bits per heavy atom. The van der Waals surface area contributed by atoms with Crippen LogP contribution in [0.4, 0.5) is 0 Å². The molecule has 5 aromatic carbocycles. The van der Waals surface area contributed by atoms with Gasteiger partial charge in [-0.3, -0.25) is 4.79 Å². The number of carbonyl (C=O) groups excluding carboxylic acids is 1. The summed E-state index contributed by atoms with van der Waals surface area (Å²) in [4.78, 5) is 25.7. The van der Waals surface area contributed by atoms with Gasteiger partial charge in [-0.2, -0.15) is 0 Å². The number of aromatic carboxylic acids is 1. The van der Waals surface area contributed by atoms with E-state index in [1.165, 1.54) is 51.4 Å². The quantitative estimate of drug-likeness (QED) is 0.0820. The van der Waals surface area contributed by atoms with Gasteiger partial charge in [-0.1, -0.05) is 117 Å². The smallest absolute Gasteiger partial charge is 0.336 e. The van der Waals surface area contributed by atoms with E-state index in [9.17, 15) is 14.7 Å². The van der Waals surface area contributed by atoms with E-state index >= 15 is 0 Å². The largest absolute Gasteiger partial charge is 0.478 e. The summed E-state index contributed by atoms with van der Waals surface area (Å²) < 4.78 is 1.02. The summed E-state index contributed by atoms with van der Waals surface area (Å²) in [5.74, 6) is -1.24. The number of unbranched alkanes of at least 4 members (excludes halogenated alkanes) is 9. The molecule has 5 rings (SSSR count). The highest BCUT2D eigenvalue weighted by Gasteiger charge is 2.22. The number of fused-ring (bicyclic) bond motifs is 2. The predicted molar refractivity (Wildman–Crippen MR) is 166 cm³/mol. The van der Waals surface area contributed by atoms with E-state index in [1.807, 2.05) is 24.3 Å². The fourth-order valence-corrected chi connectivity index (χ4v) is 6.50. The van der Waals surface area contributed by atoms with Crippen molar-refractivity contribution < 1.29 is 14.7 Å². The van der Waals surface area contributed by atoms with E-state index in [2.05, 4.69) is 46.4 Å². The number of benzene rings is 5. The molecular weight excluding hydrogens is 550 g/mol. The molecule has 0 heterocycles. The van der Waals surface area contributed by atoms with Crippen LogP contribution < -0.4 is 5.32 Å². The summed E-state index contributed by atoms with van der Waals surface area (Å²) in [6.07, 6.45) is 12.4. The molecule has 0 bridgehead atoms. The molecule has 0 saturated carbocycles. The number of amides is 1. The highest BCUT2D eigenvalue weighted by atomic mass is 79.9. The fourth-order valence-electron chi connectivity index (χ4n) is 6.04. The van der Waals surface area contributed by atoms with Crippen molar-refractivity contribution in [3.05, 3.63) is 70.2 Å². The van der Waals surface area contributed by atoms with Gasteiger partial charge in [-0.25, -0.2) is 4.79 Å². The van der Waals surface area contributed by atoms with E-state index in [-0.39, 0.29) is 11.5 Å². The minimum atomic E-state index is -1.03. The second-order valence-corrected chi connectivity index (χ2v) is 11.5. The SMILES string of the molecule is CCCCCCCCCCCCNC(=O)c1ccc2c3cccc4c(Br)ccc(c5ccc(C(=O)O)c1c52)c43. The number of nitrogens with one attached hydrogen (secondary N) is 1. The number of carbonyl (C=O) groups is 2. The Morgan fingerprint density at radius 1 is 0.641 bits per heavy atom. The summed E-state index contributed by atoms with van der Waals surface area (Å²) in [6, 6.07) is 17.6. The summed E-state index contributed by atoms with van der Waals surface area (Å²) >= 11 is 3.68. The minimum Gasteiger partial charge on any atom is -0.478 e. The molecule has 2 N–H and O–H groups in total. The van der Waals surface area contributed by atoms with Crippen molar-refractivity contribution in [1.29, 1.82) is 0 Å². The lowest BCUT2D eigenvalue weighted by atomic mass is 9.86. The van der Waals surface area contributed by atoms with Crippen molar-refractivity contribution in [2.75, 3.05) is 6.54 Å². The Kier molecular flexibility index (Phi) is 8.66. The van der Waals surface area contributed by atoms with Crippen LogP contribution in [0.1, 0.15) is 91.8 Å². The predicted octanol–water partition coefficient (Wildman–Crippen LogP) is 9.85. The Bertz CT molecular complexity index is 1620. The van der Waals surface area contributed by atoms with Crippen molar-refractivity contribution in [3.63, 3.8) is 0 Å². The fraction of sp³-hybridized carbons (Fsp3) is 0.353. The standard InChI is InChI=1S/C34H36BrNO3/c1-2-3-4-5-6-7-8-9-10-11-21-36-33(37)27-17-15-24-22-13-12-14-26-29(35)20-19-23(30(22)26)25-16-18-28(34(38)39)32(27)31(24)25/h12-20H,2-11,21H2,1H3,(H,36,37)(H,38,39). The van der Waals surface area contributed by atoms with Gasteiger partial charge in [0.25, 0.3) is 5.91 Å². The van der Waals surface area contributed by atoms with Crippen LogP contribution in [0.5, 0.6) is 0 Å². The number of carboxylic acids is 1. The molecule has 0 unspecified atom stereocenters. The first-order valence-corrected chi connectivity index (χ1v) is 15.2. The van der Waals surface area contributed by atoms with Crippen molar-refractivity contribution in [3.8, 4) is 0 Å². The second kappa shape index (κ2) is 12.3.